The van der Waals surface area contributed by atoms with Gasteiger partial charge in [0, 0.05) is 15.7 Å². The van der Waals surface area contributed by atoms with E-state index in [4.69, 9.17) is 0 Å². The quantitative estimate of drug-likeness (QED) is 0.742. The number of halogens is 2. The lowest BCUT2D eigenvalue weighted by Gasteiger charge is -2.28. The normalized spacial score (nSPS) is 23.7. The number of piperidine rings is 1. The summed E-state index contributed by atoms with van der Waals surface area (Å²) in [5.41, 5.74) is 0. The van der Waals surface area contributed by atoms with E-state index in [0.29, 0.717) is 10.9 Å². The van der Waals surface area contributed by atoms with Crippen LogP contribution in [0, 0.1) is 3.57 Å². The van der Waals surface area contributed by atoms with Gasteiger partial charge >= 0.3 is 0 Å². The van der Waals surface area contributed by atoms with Crippen LogP contribution in [-0.2, 0) is 10.0 Å². The maximum Gasteiger partial charge on any atom is 0.240 e. The third-order valence-electron chi connectivity index (χ3n) is 3.05. The van der Waals surface area contributed by atoms with Crippen LogP contribution < -0.4 is 10.0 Å². The summed E-state index contributed by atoms with van der Waals surface area (Å²) >= 11 is 2.12. The molecule has 1 aromatic carbocycles. The predicted molar refractivity (Wildman–Crippen MR) is 87.2 cm³/mol. The molecule has 0 aliphatic carbocycles. The van der Waals surface area contributed by atoms with E-state index in [-0.39, 0.29) is 18.4 Å². The first-order valence-corrected chi connectivity index (χ1v) is 8.55. The number of benzene rings is 1. The van der Waals surface area contributed by atoms with Crippen molar-refractivity contribution in [3.63, 3.8) is 0 Å². The van der Waals surface area contributed by atoms with Gasteiger partial charge in [-0.25, -0.2) is 13.1 Å². The van der Waals surface area contributed by atoms with Gasteiger partial charge in [-0.3, -0.25) is 0 Å². The zero-order valence-corrected chi connectivity index (χ0v) is 14.4. The van der Waals surface area contributed by atoms with E-state index >= 15 is 0 Å². The zero-order chi connectivity index (χ0) is 13.2. The number of rotatable bonds is 3. The molecule has 2 N–H and O–H groups in total. The molecule has 1 aliphatic rings. The molecule has 1 fully saturated rings. The maximum atomic E-state index is 12.2. The SMILES string of the molecule is CC1CC(NS(=O)(=O)c2cccc(I)c2)CCN1.Cl. The minimum atomic E-state index is -3.39. The fourth-order valence-corrected chi connectivity index (χ4v) is 4.24. The van der Waals surface area contributed by atoms with Gasteiger partial charge in [-0.15, -0.1) is 12.4 Å². The summed E-state index contributed by atoms with van der Waals surface area (Å²) in [4.78, 5) is 0.348. The summed E-state index contributed by atoms with van der Waals surface area (Å²) < 4.78 is 28.2. The number of sulfonamides is 1. The first kappa shape index (κ1) is 17.2. The van der Waals surface area contributed by atoms with Crippen LogP contribution in [0.3, 0.4) is 0 Å². The Balaban J connectivity index is 0.00000180. The second kappa shape index (κ2) is 7.21. The Morgan fingerprint density at radius 3 is 2.79 bits per heavy atom. The van der Waals surface area contributed by atoms with Crippen LogP contribution in [0.2, 0.25) is 0 Å². The van der Waals surface area contributed by atoms with E-state index in [1.165, 1.54) is 0 Å². The van der Waals surface area contributed by atoms with Crippen LogP contribution in [0.1, 0.15) is 19.8 Å². The van der Waals surface area contributed by atoms with Crippen LogP contribution in [0.5, 0.6) is 0 Å². The van der Waals surface area contributed by atoms with Gasteiger partial charge in [0.25, 0.3) is 0 Å². The molecule has 1 saturated heterocycles. The second-order valence-electron chi connectivity index (χ2n) is 4.66. The largest absolute Gasteiger partial charge is 0.314 e. The molecular formula is C12H18ClIN2O2S. The van der Waals surface area contributed by atoms with Crippen molar-refractivity contribution < 1.29 is 8.42 Å². The predicted octanol–water partition coefficient (Wildman–Crippen LogP) is 2.13. The molecule has 1 aromatic rings. The standard InChI is InChI=1S/C12H17IN2O2S.ClH/c1-9-7-11(5-6-14-9)15-18(16,17)12-4-2-3-10(13)8-12;/h2-4,8-9,11,14-15H,5-7H2,1H3;1H. The highest BCUT2D eigenvalue weighted by Crippen LogP contribution is 2.16. The summed E-state index contributed by atoms with van der Waals surface area (Å²) in [6.45, 7) is 2.94. The van der Waals surface area contributed by atoms with Crippen molar-refractivity contribution in [2.45, 2.75) is 36.7 Å². The molecule has 0 aromatic heterocycles. The first-order chi connectivity index (χ1) is 8.47. The van der Waals surface area contributed by atoms with Crippen molar-refractivity contribution in [3.8, 4) is 0 Å². The Hall–Kier alpha value is 0.110. The van der Waals surface area contributed by atoms with Crippen LogP contribution in [0.25, 0.3) is 0 Å². The van der Waals surface area contributed by atoms with Crippen molar-refractivity contribution in [2.24, 2.45) is 0 Å². The summed E-state index contributed by atoms with van der Waals surface area (Å²) in [5.74, 6) is 0. The van der Waals surface area contributed by atoms with Gasteiger partial charge in [-0.05, 0) is 67.1 Å². The average Bonchev–Trinajstić information content (AvgIpc) is 2.28. The minimum absolute atomic E-state index is 0. The molecule has 4 nitrogen and oxygen atoms in total. The molecule has 0 saturated carbocycles. The Morgan fingerprint density at radius 1 is 1.42 bits per heavy atom. The molecule has 0 bridgehead atoms. The molecule has 0 radical (unpaired) electrons. The number of hydrogen-bond donors (Lipinski definition) is 2. The summed E-state index contributed by atoms with van der Waals surface area (Å²) in [6, 6.07) is 7.36. The van der Waals surface area contributed by atoms with Crippen molar-refractivity contribution >= 4 is 45.0 Å². The maximum absolute atomic E-state index is 12.2. The second-order valence-corrected chi connectivity index (χ2v) is 7.61. The molecule has 108 valence electrons. The average molecular weight is 417 g/mol. The van der Waals surface area contributed by atoms with Gasteiger partial charge in [-0.1, -0.05) is 6.07 Å². The molecule has 2 unspecified atom stereocenters. The van der Waals surface area contributed by atoms with Gasteiger partial charge < -0.3 is 5.32 Å². The molecule has 7 heteroatoms. The molecule has 2 rings (SSSR count). The van der Waals surface area contributed by atoms with Gasteiger partial charge in [0.1, 0.15) is 0 Å². The fraction of sp³-hybridized carbons (Fsp3) is 0.500. The Kier molecular flexibility index (Phi) is 6.52. The van der Waals surface area contributed by atoms with E-state index in [1.807, 2.05) is 6.07 Å². The third kappa shape index (κ3) is 4.86. The number of hydrogen-bond acceptors (Lipinski definition) is 3. The van der Waals surface area contributed by atoms with Crippen molar-refractivity contribution in [3.05, 3.63) is 27.8 Å². The lowest BCUT2D eigenvalue weighted by Crippen LogP contribution is -2.46. The molecular weight excluding hydrogens is 399 g/mol. The summed E-state index contributed by atoms with van der Waals surface area (Å²) in [5, 5.41) is 3.31. The fourth-order valence-electron chi connectivity index (χ4n) is 2.16. The molecule has 1 heterocycles. The van der Waals surface area contributed by atoms with E-state index in [2.05, 4.69) is 39.6 Å². The van der Waals surface area contributed by atoms with Gasteiger partial charge in [0.15, 0.2) is 0 Å². The van der Waals surface area contributed by atoms with Crippen LogP contribution in [-0.4, -0.2) is 27.0 Å². The highest BCUT2D eigenvalue weighted by molar-refractivity contribution is 14.1. The Morgan fingerprint density at radius 2 is 2.16 bits per heavy atom. The molecule has 2 atom stereocenters. The molecule has 0 spiro atoms. The molecule has 1 aliphatic heterocycles. The first-order valence-electron chi connectivity index (χ1n) is 5.98. The van der Waals surface area contributed by atoms with Crippen molar-refractivity contribution in [2.75, 3.05) is 6.54 Å². The highest BCUT2D eigenvalue weighted by atomic mass is 127. The van der Waals surface area contributed by atoms with Crippen molar-refractivity contribution in [1.29, 1.82) is 0 Å². The van der Waals surface area contributed by atoms with E-state index in [0.717, 1.165) is 23.0 Å². The Labute approximate surface area is 134 Å². The van der Waals surface area contributed by atoms with Crippen LogP contribution in [0.15, 0.2) is 29.2 Å². The third-order valence-corrected chi connectivity index (χ3v) is 5.24. The van der Waals surface area contributed by atoms with E-state index in [9.17, 15) is 8.42 Å². The van der Waals surface area contributed by atoms with Crippen LogP contribution >= 0.6 is 35.0 Å². The lowest BCUT2D eigenvalue weighted by molar-refractivity contribution is 0.361. The Bertz CT molecular complexity index is 524. The van der Waals surface area contributed by atoms with Gasteiger partial charge in [0.2, 0.25) is 10.0 Å². The smallest absolute Gasteiger partial charge is 0.240 e. The summed E-state index contributed by atoms with van der Waals surface area (Å²) in [6.07, 6.45) is 1.68. The van der Waals surface area contributed by atoms with E-state index < -0.39 is 10.0 Å². The van der Waals surface area contributed by atoms with Gasteiger partial charge in [0.05, 0.1) is 4.90 Å². The van der Waals surface area contributed by atoms with Gasteiger partial charge in [-0.2, -0.15) is 0 Å². The summed E-state index contributed by atoms with van der Waals surface area (Å²) in [7, 11) is -3.39. The topological polar surface area (TPSA) is 58.2 Å². The molecule has 19 heavy (non-hydrogen) atoms. The van der Waals surface area contributed by atoms with Crippen molar-refractivity contribution in [1.82, 2.24) is 10.0 Å². The van der Waals surface area contributed by atoms with E-state index in [1.54, 1.807) is 18.2 Å². The zero-order valence-electron chi connectivity index (χ0n) is 10.6. The lowest BCUT2D eigenvalue weighted by atomic mass is 10.0. The molecule has 0 amide bonds. The monoisotopic (exact) mass is 416 g/mol. The number of nitrogens with one attached hydrogen (secondary N) is 2. The highest BCUT2D eigenvalue weighted by Gasteiger charge is 2.24. The minimum Gasteiger partial charge on any atom is -0.314 e. The van der Waals surface area contributed by atoms with Crippen LogP contribution in [0.4, 0.5) is 0 Å².